The van der Waals surface area contributed by atoms with Crippen LogP contribution in [0.3, 0.4) is 0 Å². The zero-order valence-electron chi connectivity index (χ0n) is 10.7. The van der Waals surface area contributed by atoms with Crippen molar-refractivity contribution in [3.8, 4) is 5.75 Å². The Hall–Kier alpha value is -1.23. The molecule has 2 aromatic rings. The van der Waals surface area contributed by atoms with E-state index >= 15 is 0 Å². The van der Waals surface area contributed by atoms with Crippen LogP contribution in [0, 0.1) is 0 Å². The second-order valence-electron chi connectivity index (χ2n) is 4.27. The van der Waals surface area contributed by atoms with Gasteiger partial charge < -0.3 is 14.9 Å². The molecule has 0 saturated carbocycles. The lowest BCUT2D eigenvalue weighted by atomic mass is 10.1. The van der Waals surface area contributed by atoms with Crippen LogP contribution in [0.15, 0.2) is 42.5 Å². The van der Waals surface area contributed by atoms with Crippen LogP contribution in [0.5, 0.6) is 5.75 Å². The first kappa shape index (κ1) is 14.2. The molecule has 0 aliphatic carbocycles. The van der Waals surface area contributed by atoms with Gasteiger partial charge in [0, 0.05) is 11.5 Å². The van der Waals surface area contributed by atoms with E-state index in [0.717, 1.165) is 11.5 Å². The summed E-state index contributed by atoms with van der Waals surface area (Å²) in [7, 11) is 0. The van der Waals surface area contributed by atoms with Gasteiger partial charge in [-0.1, -0.05) is 30.3 Å². The van der Waals surface area contributed by atoms with E-state index in [2.05, 4.69) is 12.1 Å². The Labute approximate surface area is 117 Å². The largest absolute Gasteiger partial charge is 0.493 e. The molecule has 0 aliphatic rings. The molecule has 0 fully saturated rings. The van der Waals surface area contributed by atoms with Gasteiger partial charge in [-0.3, -0.25) is 0 Å². The fourth-order valence-electron chi connectivity index (χ4n) is 1.75. The molecule has 0 amide bonds. The van der Waals surface area contributed by atoms with Crippen molar-refractivity contribution in [3.63, 3.8) is 0 Å². The molecule has 19 heavy (non-hydrogen) atoms. The molecule has 0 heterocycles. The third kappa shape index (κ3) is 4.42. The Morgan fingerprint density at radius 2 is 1.89 bits per heavy atom. The minimum Gasteiger partial charge on any atom is -0.493 e. The van der Waals surface area contributed by atoms with E-state index in [1.807, 2.05) is 30.3 Å². The number of fused-ring (bicyclic) bond motifs is 1. The molecule has 4 heteroatoms. The number of thioether (sulfide) groups is 1. The van der Waals surface area contributed by atoms with Crippen LogP contribution in [-0.2, 0) is 0 Å². The van der Waals surface area contributed by atoms with E-state index in [4.69, 9.17) is 9.84 Å². The second kappa shape index (κ2) is 7.38. The summed E-state index contributed by atoms with van der Waals surface area (Å²) in [5.74, 6) is 2.20. The minimum atomic E-state index is -0.634. The van der Waals surface area contributed by atoms with E-state index in [9.17, 15) is 5.11 Å². The third-order valence-corrected chi connectivity index (χ3v) is 3.81. The Morgan fingerprint density at radius 3 is 2.68 bits per heavy atom. The molecule has 2 rings (SSSR count). The molecule has 0 saturated heterocycles. The fraction of sp³-hybridized carbons (Fsp3) is 0.333. The summed E-state index contributed by atoms with van der Waals surface area (Å²) in [5, 5.41) is 20.2. The molecule has 2 aromatic carbocycles. The van der Waals surface area contributed by atoms with Crippen LogP contribution in [0.4, 0.5) is 0 Å². The van der Waals surface area contributed by atoms with Crippen molar-refractivity contribution in [1.82, 2.24) is 0 Å². The summed E-state index contributed by atoms with van der Waals surface area (Å²) in [6.07, 6.45) is -0.634. The molecule has 0 radical (unpaired) electrons. The number of rotatable bonds is 7. The first-order valence-corrected chi connectivity index (χ1v) is 7.43. The van der Waals surface area contributed by atoms with Gasteiger partial charge in [0.25, 0.3) is 0 Å². The number of hydrogen-bond donors (Lipinski definition) is 2. The van der Waals surface area contributed by atoms with E-state index in [1.54, 1.807) is 11.8 Å². The zero-order chi connectivity index (χ0) is 13.5. The highest BCUT2D eigenvalue weighted by molar-refractivity contribution is 7.99. The summed E-state index contributed by atoms with van der Waals surface area (Å²) >= 11 is 1.57. The third-order valence-electron chi connectivity index (χ3n) is 2.74. The van der Waals surface area contributed by atoms with Crippen molar-refractivity contribution >= 4 is 22.5 Å². The lowest BCUT2D eigenvalue weighted by molar-refractivity contribution is 0.113. The quantitative estimate of drug-likeness (QED) is 0.763. The van der Waals surface area contributed by atoms with Crippen molar-refractivity contribution < 1.29 is 14.9 Å². The molecule has 1 atom stereocenters. The predicted octanol–water partition coefficient (Wildman–Crippen LogP) is 2.31. The zero-order valence-corrected chi connectivity index (χ0v) is 11.5. The van der Waals surface area contributed by atoms with Gasteiger partial charge in [0.05, 0.1) is 19.3 Å². The first-order chi connectivity index (χ1) is 9.29. The standard InChI is InChI=1S/C15H18O3S/c16-10-14(17)11-19-8-7-18-15-6-5-12-3-1-2-4-13(12)9-15/h1-6,9,14,16-17H,7-8,10-11H2. The highest BCUT2D eigenvalue weighted by Gasteiger charge is 2.01. The predicted molar refractivity (Wildman–Crippen MR) is 79.9 cm³/mol. The van der Waals surface area contributed by atoms with E-state index in [0.29, 0.717) is 12.4 Å². The Kier molecular flexibility index (Phi) is 5.51. The lowest BCUT2D eigenvalue weighted by Crippen LogP contribution is -2.15. The maximum absolute atomic E-state index is 9.18. The molecule has 0 aliphatic heterocycles. The molecule has 0 bridgehead atoms. The van der Waals surface area contributed by atoms with Gasteiger partial charge in [-0.15, -0.1) is 0 Å². The average Bonchev–Trinajstić information content (AvgIpc) is 2.46. The summed E-state index contributed by atoms with van der Waals surface area (Å²) in [5.41, 5.74) is 0. The highest BCUT2D eigenvalue weighted by Crippen LogP contribution is 2.20. The van der Waals surface area contributed by atoms with Crippen LogP contribution < -0.4 is 4.74 Å². The van der Waals surface area contributed by atoms with E-state index in [-0.39, 0.29) is 6.61 Å². The molecule has 3 nitrogen and oxygen atoms in total. The molecule has 2 N–H and O–H groups in total. The van der Waals surface area contributed by atoms with Crippen molar-refractivity contribution in [2.24, 2.45) is 0 Å². The van der Waals surface area contributed by atoms with Crippen LogP contribution in [-0.4, -0.2) is 41.0 Å². The van der Waals surface area contributed by atoms with Gasteiger partial charge in [0.2, 0.25) is 0 Å². The fourth-order valence-corrected chi connectivity index (χ4v) is 2.49. The number of benzene rings is 2. The normalized spacial score (nSPS) is 12.5. The van der Waals surface area contributed by atoms with E-state index in [1.165, 1.54) is 10.8 Å². The summed E-state index contributed by atoms with van der Waals surface area (Å²) in [4.78, 5) is 0. The van der Waals surface area contributed by atoms with Crippen LogP contribution in [0.1, 0.15) is 0 Å². The van der Waals surface area contributed by atoms with Gasteiger partial charge >= 0.3 is 0 Å². The number of ether oxygens (including phenoxy) is 1. The molecular formula is C15H18O3S. The number of aliphatic hydroxyl groups excluding tert-OH is 2. The van der Waals surface area contributed by atoms with Crippen molar-refractivity contribution in [3.05, 3.63) is 42.5 Å². The Bertz CT molecular complexity index is 515. The number of aliphatic hydroxyl groups is 2. The molecule has 0 aromatic heterocycles. The van der Waals surface area contributed by atoms with Gasteiger partial charge in [0.15, 0.2) is 0 Å². The average molecular weight is 278 g/mol. The van der Waals surface area contributed by atoms with Gasteiger partial charge in [-0.25, -0.2) is 0 Å². The Balaban J connectivity index is 1.78. The first-order valence-electron chi connectivity index (χ1n) is 6.28. The van der Waals surface area contributed by atoms with Crippen LogP contribution in [0.25, 0.3) is 10.8 Å². The van der Waals surface area contributed by atoms with Crippen molar-refractivity contribution in [2.45, 2.75) is 6.10 Å². The summed E-state index contributed by atoms with van der Waals surface area (Å²) in [6.45, 7) is 0.416. The monoisotopic (exact) mass is 278 g/mol. The van der Waals surface area contributed by atoms with Gasteiger partial charge in [0.1, 0.15) is 5.75 Å². The highest BCUT2D eigenvalue weighted by atomic mass is 32.2. The minimum absolute atomic E-state index is 0.182. The van der Waals surface area contributed by atoms with E-state index < -0.39 is 6.10 Å². The number of hydrogen-bond acceptors (Lipinski definition) is 4. The smallest absolute Gasteiger partial charge is 0.119 e. The Morgan fingerprint density at radius 1 is 1.11 bits per heavy atom. The molecule has 0 spiro atoms. The summed E-state index contributed by atoms with van der Waals surface area (Å²) < 4.78 is 5.66. The molecular weight excluding hydrogens is 260 g/mol. The van der Waals surface area contributed by atoms with Crippen LogP contribution in [0.2, 0.25) is 0 Å². The topological polar surface area (TPSA) is 49.7 Å². The SMILES string of the molecule is OCC(O)CSCCOc1ccc2ccccc2c1. The van der Waals surface area contributed by atoms with Crippen LogP contribution >= 0.6 is 11.8 Å². The molecule has 102 valence electrons. The maximum atomic E-state index is 9.18. The summed E-state index contributed by atoms with van der Waals surface area (Å²) in [6, 6.07) is 14.2. The lowest BCUT2D eigenvalue weighted by Gasteiger charge is -2.08. The second-order valence-corrected chi connectivity index (χ2v) is 5.42. The van der Waals surface area contributed by atoms with Gasteiger partial charge in [-0.05, 0) is 22.9 Å². The molecule has 1 unspecified atom stereocenters. The maximum Gasteiger partial charge on any atom is 0.119 e. The van der Waals surface area contributed by atoms with Crippen molar-refractivity contribution in [2.75, 3.05) is 24.7 Å². The van der Waals surface area contributed by atoms with Gasteiger partial charge in [-0.2, -0.15) is 11.8 Å². The van der Waals surface area contributed by atoms with Crippen molar-refractivity contribution in [1.29, 1.82) is 0 Å².